The van der Waals surface area contributed by atoms with Crippen LogP contribution >= 0.6 is 0 Å². The van der Waals surface area contributed by atoms with Crippen molar-refractivity contribution in [2.24, 2.45) is 0 Å². The van der Waals surface area contributed by atoms with E-state index in [4.69, 9.17) is 0 Å². The predicted molar refractivity (Wildman–Crippen MR) is 90.2 cm³/mol. The number of unbranched alkanes of at least 4 members (excludes halogenated alkanes) is 1. The van der Waals surface area contributed by atoms with Gasteiger partial charge in [-0.2, -0.15) is 0 Å². The van der Waals surface area contributed by atoms with Crippen molar-refractivity contribution in [1.29, 1.82) is 0 Å². The van der Waals surface area contributed by atoms with Gasteiger partial charge in [0, 0.05) is 24.7 Å². The molecule has 0 saturated carbocycles. The minimum absolute atomic E-state index is 0.0302. The first-order valence-electron chi connectivity index (χ1n) is 7.55. The Balaban J connectivity index is 2.11. The summed E-state index contributed by atoms with van der Waals surface area (Å²) in [5, 5.41) is 5.66. The largest absolute Gasteiger partial charge is 0.353 e. The van der Waals surface area contributed by atoms with Gasteiger partial charge in [-0.25, -0.2) is 0 Å². The molecule has 118 valence electrons. The molecule has 0 radical (unpaired) electrons. The van der Waals surface area contributed by atoms with Crippen molar-refractivity contribution >= 4 is 17.9 Å². The second-order valence-corrected chi connectivity index (χ2v) is 4.97. The molecule has 0 heterocycles. The number of hydrogen-bond acceptors (Lipinski definition) is 2. The maximum atomic E-state index is 11.6. The normalized spacial score (nSPS) is 11.5. The van der Waals surface area contributed by atoms with E-state index in [1.54, 1.807) is 19.1 Å². The van der Waals surface area contributed by atoms with Crippen molar-refractivity contribution < 1.29 is 9.59 Å². The van der Waals surface area contributed by atoms with Crippen molar-refractivity contribution in [2.75, 3.05) is 13.1 Å². The average molecular weight is 300 g/mol. The molecule has 0 aliphatic rings. The fourth-order valence-corrected chi connectivity index (χ4v) is 1.73. The molecule has 4 heteroatoms. The Morgan fingerprint density at radius 3 is 2.32 bits per heavy atom. The maximum Gasteiger partial charge on any atom is 0.246 e. The maximum absolute atomic E-state index is 11.6. The monoisotopic (exact) mass is 300 g/mol. The zero-order valence-corrected chi connectivity index (χ0v) is 13.3. The molecule has 2 N–H and O–H groups in total. The lowest BCUT2D eigenvalue weighted by atomic mass is 10.2. The van der Waals surface area contributed by atoms with Crippen LogP contribution in [0.1, 0.15) is 32.3 Å². The lowest BCUT2D eigenvalue weighted by molar-refractivity contribution is -0.118. The molecule has 0 fully saturated rings. The fourth-order valence-electron chi connectivity index (χ4n) is 1.73. The minimum Gasteiger partial charge on any atom is -0.353 e. The molecular weight excluding hydrogens is 276 g/mol. The van der Waals surface area contributed by atoms with Crippen molar-refractivity contribution in [3.05, 3.63) is 53.6 Å². The highest BCUT2D eigenvalue weighted by Crippen LogP contribution is 2.00. The van der Waals surface area contributed by atoms with E-state index in [1.807, 2.05) is 37.3 Å². The summed E-state index contributed by atoms with van der Waals surface area (Å²) in [6.07, 6.45) is 6.78. The first kappa shape index (κ1) is 17.7. The van der Waals surface area contributed by atoms with Gasteiger partial charge in [-0.15, -0.1) is 0 Å². The number of rotatable bonds is 8. The van der Waals surface area contributed by atoms with Crippen molar-refractivity contribution in [1.82, 2.24) is 10.6 Å². The quantitative estimate of drug-likeness (QED) is 0.573. The van der Waals surface area contributed by atoms with Crippen LogP contribution in [0.25, 0.3) is 6.08 Å². The standard InChI is InChI=1S/C18H24N2O2/c1-3-15(2)18(22)20-14-8-7-13-19-17(21)12-11-16-9-5-4-6-10-16/h3-6,9-12H,7-8,13-14H2,1-2H3,(H,19,21)(H,20,22). The summed E-state index contributed by atoms with van der Waals surface area (Å²) < 4.78 is 0. The third kappa shape index (κ3) is 7.43. The highest BCUT2D eigenvalue weighted by atomic mass is 16.2. The van der Waals surface area contributed by atoms with E-state index < -0.39 is 0 Å². The number of nitrogens with one attached hydrogen (secondary N) is 2. The van der Waals surface area contributed by atoms with E-state index in [0.29, 0.717) is 13.1 Å². The van der Waals surface area contributed by atoms with Crippen LogP contribution in [0.4, 0.5) is 0 Å². The summed E-state index contributed by atoms with van der Waals surface area (Å²) in [7, 11) is 0. The third-order valence-electron chi connectivity index (χ3n) is 3.21. The molecule has 0 aliphatic carbocycles. The number of benzene rings is 1. The highest BCUT2D eigenvalue weighted by molar-refractivity contribution is 5.92. The van der Waals surface area contributed by atoms with Crippen molar-refractivity contribution in [3.63, 3.8) is 0 Å². The zero-order chi connectivity index (χ0) is 16.2. The Kier molecular flexibility index (Phi) is 8.35. The molecule has 0 bridgehead atoms. The Bertz CT molecular complexity index is 533. The predicted octanol–water partition coefficient (Wildman–Crippen LogP) is 2.68. The average Bonchev–Trinajstić information content (AvgIpc) is 2.56. The van der Waals surface area contributed by atoms with E-state index in [9.17, 15) is 9.59 Å². The van der Waals surface area contributed by atoms with Crippen LogP contribution in [0.2, 0.25) is 0 Å². The third-order valence-corrected chi connectivity index (χ3v) is 3.21. The van der Waals surface area contributed by atoms with Crippen LogP contribution in [0.5, 0.6) is 0 Å². The zero-order valence-electron chi connectivity index (χ0n) is 13.3. The van der Waals surface area contributed by atoms with Crippen LogP contribution in [0.15, 0.2) is 48.1 Å². The van der Waals surface area contributed by atoms with E-state index in [2.05, 4.69) is 10.6 Å². The van der Waals surface area contributed by atoms with Gasteiger partial charge in [0.25, 0.3) is 0 Å². The second-order valence-electron chi connectivity index (χ2n) is 4.97. The lowest BCUT2D eigenvalue weighted by Gasteiger charge is -2.05. The molecule has 1 aromatic rings. The minimum atomic E-state index is -0.0994. The molecule has 0 spiro atoms. The molecule has 1 aromatic carbocycles. The molecule has 0 saturated heterocycles. The van der Waals surface area contributed by atoms with Gasteiger partial charge < -0.3 is 10.6 Å². The van der Waals surface area contributed by atoms with Gasteiger partial charge in [-0.1, -0.05) is 36.4 Å². The molecule has 22 heavy (non-hydrogen) atoms. The van der Waals surface area contributed by atoms with E-state index in [0.717, 1.165) is 24.0 Å². The smallest absolute Gasteiger partial charge is 0.246 e. The lowest BCUT2D eigenvalue weighted by Crippen LogP contribution is -2.27. The van der Waals surface area contributed by atoms with Crippen LogP contribution < -0.4 is 10.6 Å². The Hall–Kier alpha value is -2.36. The van der Waals surface area contributed by atoms with Crippen LogP contribution in [0, 0.1) is 0 Å². The molecule has 0 aromatic heterocycles. The summed E-state index contributed by atoms with van der Waals surface area (Å²) in [6.45, 7) is 4.86. The number of amides is 2. The van der Waals surface area contributed by atoms with Gasteiger partial charge in [-0.05, 0) is 38.3 Å². The van der Waals surface area contributed by atoms with Crippen LogP contribution in [0.3, 0.4) is 0 Å². The summed E-state index contributed by atoms with van der Waals surface area (Å²) >= 11 is 0. The molecule has 0 atom stereocenters. The fraction of sp³-hybridized carbons (Fsp3) is 0.333. The SMILES string of the molecule is CC=C(C)C(=O)NCCCCNC(=O)C=Cc1ccccc1. The summed E-state index contributed by atoms with van der Waals surface area (Å²) in [5.74, 6) is -0.130. The molecule has 0 unspecified atom stereocenters. The van der Waals surface area contributed by atoms with Gasteiger partial charge in [0.15, 0.2) is 0 Å². The second kappa shape index (κ2) is 10.4. The van der Waals surface area contributed by atoms with Crippen LogP contribution in [-0.4, -0.2) is 24.9 Å². The van der Waals surface area contributed by atoms with Crippen molar-refractivity contribution in [3.8, 4) is 0 Å². The van der Waals surface area contributed by atoms with E-state index in [-0.39, 0.29) is 11.8 Å². The Labute approximate surface area is 132 Å². The van der Waals surface area contributed by atoms with Gasteiger partial charge >= 0.3 is 0 Å². The summed E-state index contributed by atoms with van der Waals surface area (Å²) in [4.78, 5) is 23.1. The molecule has 2 amide bonds. The molecule has 4 nitrogen and oxygen atoms in total. The molecular formula is C18H24N2O2. The summed E-state index contributed by atoms with van der Waals surface area (Å²) in [6, 6.07) is 9.69. The van der Waals surface area contributed by atoms with Crippen LogP contribution in [-0.2, 0) is 9.59 Å². The van der Waals surface area contributed by atoms with Gasteiger partial charge in [-0.3, -0.25) is 9.59 Å². The van der Waals surface area contributed by atoms with E-state index in [1.165, 1.54) is 6.08 Å². The number of allylic oxidation sites excluding steroid dienone is 1. The first-order valence-corrected chi connectivity index (χ1v) is 7.55. The van der Waals surface area contributed by atoms with Gasteiger partial charge in [0.1, 0.15) is 0 Å². The molecule has 0 aliphatic heterocycles. The Morgan fingerprint density at radius 1 is 1.05 bits per heavy atom. The highest BCUT2D eigenvalue weighted by Gasteiger charge is 2.01. The Morgan fingerprint density at radius 2 is 1.68 bits per heavy atom. The van der Waals surface area contributed by atoms with Gasteiger partial charge in [0.05, 0.1) is 0 Å². The van der Waals surface area contributed by atoms with Gasteiger partial charge in [0.2, 0.25) is 11.8 Å². The number of carbonyl (C=O) groups is 2. The number of hydrogen-bond donors (Lipinski definition) is 2. The van der Waals surface area contributed by atoms with E-state index >= 15 is 0 Å². The molecule has 1 rings (SSSR count). The first-order chi connectivity index (χ1) is 10.6. The topological polar surface area (TPSA) is 58.2 Å². The summed E-state index contributed by atoms with van der Waals surface area (Å²) in [5.41, 5.74) is 1.72. The van der Waals surface area contributed by atoms with Crippen molar-refractivity contribution in [2.45, 2.75) is 26.7 Å². The number of carbonyl (C=O) groups excluding carboxylic acids is 2.